The van der Waals surface area contributed by atoms with E-state index in [9.17, 15) is 0 Å². The standard InChI is InChI=1S/C16H21NO2/c1-3-15(11-18)17-10-12-4-5-14-9-16(19-2)7-6-13(14)8-12/h4-9,15,17-18H,3,10-11H2,1-2H3/t15-/m1/s1. The van der Waals surface area contributed by atoms with Crippen LogP contribution in [0.2, 0.25) is 0 Å². The monoisotopic (exact) mass is 259 g/mol. The molecule has 1 atom stereocenters. The van der Waals surface area contributed by atoms with E-state index in [0.29, 0.717) is 0 Å². The molecule has 0 saturated carbocycles. The highest BCUT2D eigenvalue weighted by Crippen LogP contribution is 2.21. The Kier molecular flexibility index (Phi) is 4.77. The number of ether oxygens (including phenoxy) is 1. The molecule has 0 saturated heterocycles. The van der Waals surface area contributed by atoms with Crippen molar-refractivity contribution in [2.45, 2.75) is 25.9 Å². The van der Waals surface area contributed by atoms with Gasteiger partial charge < -0.3 is 15.2 Å². The van der Waals surface area contributed by atoms with Gasteiger partial charge in [-0.15, -0.1) is 0 Å². The quantitative estimate of drug-likeness (QED) is 0.838. The van der Waals surface area contributed by atoms with Gasteiger partial charge in [-0.1, -0.05) is 25.1 Å². The smallest absolute Gasteiger partial charge is 0.119 e. The number of hydrogen-bond donors (Lipinski definition) is 2. The zero-order valence-corrected chi connectivity index (χ0v) is 11.5. The van der Waals surface area contributed by atoms with Crippen LogP contribution in [0.15, 0.2) is 36.4 Å². The maximum absolute atomic E-state index is 9.16. The van der Waals surface area contributed by atoms with Gasteiger partial charge in [-0.2, -0.15) is 0 Å². The van der Waals surface area contributed by atoms with E-state index in [2.05, 4.69) is 36.5 Å². The van der Waals surface area contributed by atoms with Crippen molar-refractivity contribution in [1.82, 2.24) is 5.32 Å². The summed E-state index contributed by atoms with van der Waals surface area (Å²) >= 11 is 0. The Morgan fingerprint density at radius 3 is 2.58 bits per heavy atom. The molecule has 102 valence electrons. The topological polar surface area (TPSA) is 41.5 Å². The van der Waals surface area contributed by atoms with Crippen LogP contribution < -0.4 is 10.1 Å². The van der Waals surface area contributed by atoms with Crippen LogP contribution in [0.5, 0.6) is 5.75 Å². The minimum absolute atomic E-state index is 0.173. The number of hydrogen-bond acceptors (Lipinski definition) is 3. The highest BCUT2D eigenvalue weighted by molar-refractivity contribution is 5.84. The Labute approximate surface area is 114 Å². The van der Waals surface area contributed by atoms with Crippen molar-refractivity contribution in [3.8, 4) is 5.75 Å². The molecule has 0 spiro atoms. The minimum atomic E-state index is 0.173. The first-order chi connectivity index (χ1) is 9.26. The Hall–Kier alpha value is -1.58. The van der Waals surface area contributed by atoms with Gasteiger partial charge in [-0.05, 0) is 41.0 Å². The summed E-state index contributed by atoms with van der Waals surface area (Å²) in [5.74, 6) is 0.879. The lowest BCUT2D eigenvalue weighted by Crippen LogP contribution is -2.31. The van der Waals surface area contributed by atoms with Gasteiger partial charge in [0, 0.05) is 12.6 Å². The Morgan fingerprint density at radius 1 is 1.16 bits per heavy atom. The summed E-state index contributed by atoms with van der Waals surface area (Å²) in [6.07, 6.45) is 0.932. The molecule has 0 aliphatic rings. The van der Waals surface area contributed by atoms with Gasteiger partial charge in [0.15, 0.2) is 0 Å². The van der Waals surface area contributed by atoms with Crippen molar-refractivity contribution in [3.63, 3.8) is 0 Å². The molecule has 0 fully saturated rings. The molecule has 2 aromatic carbocycles. The molecule has 3 heteroatoms. The van der Waals surface area contributed by atoms with E-state index < -0.39 is 0 Å². The van der Waals surface area contributed by atoms with E-state index in [1.165, 1.54) is 16.3 Å². The molecule has 0 aliphatic carbocycles. The summed E-state index contributed by atoms with van der Waals surface area (Å²) in [6, 6.07) is 12.6. The summed E-state index contributed by atoms with van der Waals surface area (Å²) in [6.45, 7) is 3.03. The third kappa shape index (κ3) is 3.46. The summed E-state index contributed by atoms with van der Waals surface area (Å²) in [7, 11) is 1.68. The van der Waals surface area contributed by atoms with Crippen LogP contribution in [0.1, 0.15) is 18.9 Å². The summed E-state index contributed by atoms with van der Waals surface area (Å²) in [4.78, 5) is 0. The zero-order chi connectivity index (χ0) is 13.7. The Balaban J connectivity index is 2.13. The van der Waals surface area contributed by atoms with Gasteiger partial charge in [0.1, 0.15) is 5.75 Å². The van der Waals surface area contributed by atoms with E-state index in [1.807, 2.05) is 12.1 Å². The fourth-order valence-electron chi connectivity index (χ4n) is 2.11. The molecule has 2 rings (SSSR count). The molecule has 2 aromatic rings. The second-order valence-electron chi connectivity index (χ2n) is 4.72. The number of benzene rings is 2. The first-order valence-corrected chi connectivity index (χ1v) is 6.67. The molecular weight excluding hydrogens is 238 g/mol. The highest BCUT2D eigenvalue weighted by Gasteiger charge is 2.04. The normalized spacial score (nSPS) is 12.6. The molecule has 0 heterocycles. The van der Waals surface area contributed by atoms with Crippen molar-refractivity contribution >= 4 is 10.8 Å². The lowest BCUT2D eigenvalue weighted by molar-refractivity contribution is 0.238. The van der Waals surface area contributed by atoms with Gasteiger partial charge in [0.25, 0.3) is 0 Å². The third-order valence-electron chi connectivity index (χ3n) is 3.42. The average molecular weight is 259 g/mol. The van der Waals surface area contributed by atoms with Crippen LogP contribution in [0.3, 0.4) is 0 Å². The van der Waals surface area contributed by atoms with E-state index in [-0.39, 0.29) is 12.6 Å². The van der Waals surface area contributed by atoms with Crippen LogP contribution in [0.4, 0.5) is 0 Å². The molecule has 2 N–H and O–H groups in total. The number of aliphatic hydroxyl groups excluding tert-OH is 1. The number of nitrogens with one attached hydrogen (secondary N) is 1. The number of aliphatic hydroxyl groups is 1. The maximum Gasteiger partial charge on any atom is 0.119 e. The van der Waals surface area contributed by atoms with Crippen molar-refractivity contribution in [2.75, 3.05) is 13.7 Å². The Morgan fingerprint density at radius 2 is 1.89 bits per heavy atom. The van der Waals surface area contributed by atoms with Crippen molar-refractivity contribution in [2.24, 2.45) is 0 Å². The third-order valence-corrected chi connectivity index (χ3v) is 3.42. The molecule has 0 bridgehead atoms. The fraction of sp³-hybridized carbons (Fsp3) is 0.375. The molecule has 3 nitrogen and oxygen atoms in total. The van der Waals surface area contributed by atoms with Crippen LogP contribution >= 0.6 is 0 Å². The van der Waals surface area contributed by atoms with Crippen LogP contribution in [-0.4, -0.2) is 24.9 Å². The summed E-state index contributed by atoms with van der Waals surface area (Å²) < 4.78 is 5.22. The summed E-state index contributed by atoms with van der Waals surface area (Å²) in [5, 5.41) is 14.9. The average Bonchev–Trinajstić information content (AvgIpc) is 2.47. The molecule has 0 amide bonds. The number of rotatable bonds is 6. The molecule has 0 aliphatic heterocycles. The first kappa shape index (κ1) is 13.8. The lowest BCUT2D eigenvalue weighted by Gasteiger charge is -2.14. The number of methoxy groups -OCH3 is 1. The Bertz CT molecular complexity index is 535. The van der Waals surface area contributed by atoms with E-state index >= 15 is 0 Å². The van der Waals surface area contributed by atoms with Crippen LogP contribution in [0, 0.1) is 0 Å². The maximum atomic E-state index is 9.16. The molecule has 19 heavy (non-hydrogen) atoms. The second kappa shape index (κ2) is 6.55. The van der Waals surface area contributed by atoms with Gasteiger partial charge in [0.2, 0.25) is 0 Å². The molecule has 0 radical (unpaired) electrons. The predicted molar refractivity (Wildman–Crippen MR) is 78.5 cm³/mol. The fourth-order valence-corrected chi connectivity index (χ4v) is 2.11. The van der Waals surface area contributed by atoms with E-state index in [1.54, 1.807) is 7.11 Å². The van der Waals surface area contributed by atoms with Gasteiger partial charge in [-0.25, -0.2) is 0 Å². The van der Waals surface area contributed by atoms with Gasteiger partial charge in [0.05, 0.1) is 13.7 Å². The van der Waals surface area contributed by atoms with Gasteiger partial charge in [-0.3, -0.25) is 0 Å². The van der Waals surface area contributed by atoms with E-state index in [4.69, 9.17) is 9.84 Å². The van der Waals surface area contributed by atoms with Crippen LogP contribution in [0.25, 0.3) is 10.8 Å². The highest BCUT2D eigenvalue weighted by atomic mass is 16.5. The van der Waals surface area contributed by atoms with Crippen molar-refractivity contribution in [1.29, 1.82) is 0 Å². The van der Waals surface area contributed by atoms with Gasteiger partial charge >= 0.3 is 0 Å². The SMILES string of the molecule is CC[C@H](CO)NCc1ccc2cc(OC)ccc2c1. The zero-order valence-electron chi connectivity index (χ0n) is 11.5. The van der Waals surface area contributed by atoms with Crippen molar-refractivity contribution in [3.05, 3.63) is 42.0 Å². The van der Waals surface area contributed by atoms with E-state index in [0.717, 1.165) is 18.7 Å². The summed E-state index contributed by atoms with van der Waals surface area (Å²) in [5.41, 5.74) is 1.23. The molecule has 0 aromatic heterocycles. The second-order valence-corrected chi connectivity index (χ2v) is 4.72. The minimum Gasteiger partial charge on any atom is -0.497 e. The molecule has 0 unspecified atom stereocenters. The first-order valence-electron chi connectivity index (χ1n) is 6.67. The number of fused-ring (bicyclic) bond motifs is 1. The largest absolute Gasteiger partial charge is 0.497 e. The predicted octanol–water partition coefficient (Wildman–Crippen LogP) is 2.71. The lowest BCUT2D eigenvalue weighted by atomic mass is 10.1. The van der Waals surface area contributed by atoms with Crippen molar-refractivity contribution < 1.29 is 9.84 Å². The molecular formula is C16H21NO2. The van der Waals surface area contributed by atoms with Crippen LogP contribution in [-0.2, 0) is 6.54 Å².